The van der Waals surface area contributed by atoms with Crippen LogP contribution in [0.5, 0.6) is 0 Å². The number of carbonyl (C=O) groups is 1. The Morgan fingerprint density at radius 2 is 2.08 bits per heavy atom. The Morgan fingerprint density at radius 1 is 1.32 bits per heavy atom. The van der Waals surface area contributed by atoms with E-state index in [1.807, 2.05) is 0 Å². The fourth-order valence-electron chi connectivity index (χ4n) is 3.32. The lowest BCUT2D eigenvalue weighted by atomic mass is 9.78. The Bertz CT molecular complexity index is 716. The van der Waals surface area contributed by atoms with Crippen LogP contribution in [0.25, 0.3) is 11.3 Å². The third-order valence-electron chi connectivity index (χ3n) is 5.10. The number of thioether (sulfide) groups is 1. The van der Waals surface area contributed by atoms with Crippen LogP contribution >= 0.6 is 11.8 Å². The summed E-state index contributed by atoms with van der Waals surface area (Å²) in [6.45, 7) is 4.49. The molecule has 2 N–H and O–H groups in total. The van der Waals surface area contributed by atoms with Crippen molar-refractivity contribution in [3.05, 3.63) is 36.3 Å². The first-order valence-corrected chi connectivity index (χ1v) is 9.74. The molecule has 1 amide bonds. The molecule has 1 heterocycles. The molecular formula is C19H24FN3OS. The minimum atomic E-state index is -0.263. The lowest BCUT2D eigenvalue weighted by Gasteiger charge is -2.34. The number of amides is 1. The number of nitrogens with zero attached hydrogens (tertiary/aromatic N) is 1. The number of nitrogens with one attached hydrogen (secondary N) is 2. The lowest BCUT2D eigenvalue weighted by molar-refractivity contribution is -0.120. The molecule has 0 saturated heterocycles. The van der Waals surface area contributed by atoms with Gasteiger partial charge >= 0.3 is 0 Å². The molecule has 2 aromatic rings. The fourth-order valence-corrected chi connectivity index (χ4v) is 3.98. The van der Waals surface area contributed by atoms with Gasteiger partial charge in [0.2, 0.25) is 5.91 Å². The predicted octanol–water partition coefficient (Wildman–Crippen LogP) is 4.25. The predicted molar refractivity (Wildman–Crippen MR) is 98.8 cm³/mol. The van der Waals surface area contributed by atoms with Crippen LogP contribution in [-0.4, -0.2) is 27.7 Å². The van der Waals surface area contributed by atoms with Crippen LogP contribution in [0.4, 0.5) is 4.39 Å². The lowest BCUT2D eigenvalue weighted by Crippen LogP contribution is -2.44. The van der Waals surface area contributed by atoms with Gasteiger partial charge in [0.1, 0.15) is 5.82 Å². The number of hydrogen-bond acceptors (Lipinski definition) is 3. The average molecular weight is 361 g/mol. The van der Waals surface area contributed by atoms with Gasteiger partial charge in [0.05, 0.1) is 17.6 Å². The van der Waals surface area contributed by atoms with Gasteiger partial charge in [0, 0.05) is 6.04 Å². The van der Waals surface area contributed by atoms with Gasteiger partial charge in [-0.3, -0.25) is 4.79 Å². The van der Waals surface area contributed by atoms with Crippen molar-refractivity contribution in [3.8, 4) is 11.3 Å². The van der Waals surface area contributed by atoms with Gasteiger partial charge in [-0.05, 0) is 48.1 Å². The molecule has 0 radical (unpaired) electrons. The zero-order chi connectivity index (χ0) is 17.8. The Morgan fingerprint density at radius 3 is 2.84 bits per heavy atom. The molecule has 1 aliphatic carbocycles. The molecule has 1 aromatic carbocycles. The molecule has 3 atom stereocenters. The molecule has 0 aliphatic heterocycles. The van der Waals surface area contributed by atoms with Gasteiger partial charge < -0.3 is 10.3 Å². The van der Waals surface area contributed by atoms with E-state index in [4.69, 9.17) is 0 Å². The van der Waals surface area contributed by atoms with Gasteiger partial charge in [-0.15, -0.1) is 0 Å². The summed E-state index contributed by atoms with van der Waals surface area (Å²) in [5, 5.41) is 3.86. The van der Waals surface area contributed by atoms with Crippen molar-refractivity contribution in [3.63, 3.8) is 0 Å². The molecule has 4 nitrogen and oxygen atoms in total. The van der Waals surface area contributed by atoms with E-state index in [9.17, 15) is 9.18 Å². The second-order valence-electron chi connectivity index (χ2n) is 6.84. The van der Waals surface area contributed by atoms with Gasteiger partial charge in [-0.2, -0.15) is 0 Å². The van der Waals surface area contributed by atoms with Crippen LogP contribution < -0.4 is 5.32 Å². The van der Waals surface area contributed by atoms with Crippen LogP contribution in [0.15, 0.2) is 35.6 Å². The molecule has 1 aromatic heterocycles. The highest BCUT2D eigenvalue weighted by molar-refractivity contribution is 7.99. The number of aromatic amines is 1. The van der Waals surface area contributed by atoms with Gasteiger partial charge in [0.25, 0.3) is 0 Å². The number of benzene rings is 1. The summed E-state index contributed by atoms with van der Waals surface area (Å²) >= 11 is 1.38. The summed E-state index contributed by atoms with van der Waals surface area (Å²) in [6.07, 6.45) is 5.21. The van der Waals surface area contributed by atoms with Crippen molar-refractivity contribution in [2.75, 3.05) is 5.75 Å². The summed E-state index contributed by atoms with van der Waals surface area (Å²) < 4.78 is 13.0. The maximum absolute atomic E-state index is 13.0. The zero-order valence-electron chi connectivity index (χ0n) is 14.6. The summed E-state index contributed by atoms with van der Waals surface area (Å²) in [5.74, 6) is 1.32. The van der Waals surface area contributed by atoms with Crippen molar-refractivity contribution in [2.24, 2.45) is 11.8 Å². The number of rotatable bonds is 5. The normalized spacial score (nSPS) is 23.4. The highest BCUT2D eigenvalue weighted by Gasteiger charge is 2.28. The molecule has 1 aliphatic rings. The average Bonchev–Trinajstić information content (AvgIpc) is 3.07. The van der Waals surface area contributed by atoms with Crippen LogP contribution in [0.2, 0.25) is 0 Å². The topological polar surface area (TPSA) is 57.8 Å². The van der Waals surface area contributed by atoms with E-state index in [-0.39, 0.29) is 17.8 Å². The largest absolute Gasteiger partial charge is 0.352 e. The van der Waals surface area contributed by atoms with Crippen molar-refractivity contribution in [1.29, 1.82) is 0 Å². The minimum absolute atomic E-state index is 0.0516. The maximum Gasteiger partial charge on any atom is 0.230 e. The van der Waals surface area contributed by atoms with Crippen LogP contribution in [0.1, 0.15) is 33.1 Å². The van der Waals surface area contributed by atoms with E-state index < -0.39 is 0 Å². The SMILES string of the molecule is CC1CCCC(NC(=O)CSc2ncc(-c3ccc(F)cc3)[nH]2)C1C. The third-order valence-corrected chi connectivity index (χ3v) is 5.99. The molecule has 6 heteroatoms. The summed E-state index contributed by atoms with van der Waals surface area (Å²) in [6, 6.07) is 6.53. The molecule has 1 saturated carbocycles. The highest BCUT2D eigenvalue weighted by Crippen LogP contribution is 2.29. The van der Waals surface area contributed by atoms with Gasteiger partial charge in [-0.25, -0.2) is 9.37 Å². The number of hydrogen-bond donors (Lipinski definition) is 2. The van der Waals surface area contributed by atoms with Crippen LogP contribution in [-0.2, 0) is 4.79 Å². The molecule has 0 bridgehead atoms. The molecule has 3 rings (SSSR count). The number of carbonyl (C=O) groups excluding carboxylic acids is 1. The number of aromatic nitrogens is 2. The first kappa shape index (κ1) is 18.0. The zero-order valence-corrected chi connectivity index (χ0v) is 15.4. The Labute approximate surface area is 152 Å². The first-order chi connectivity index (χ1) is 12.0. The van der Waals surface area contributed by atoms with Gasteiger partial charge in [-0.1, -0.05) is 38.5 Å². The van der Waals surface area contributed by atoms with E-state index >= 15 is 0 Å². The van der Waals surface area contributed by atoms with E-state index in [0.717, 1.165) is 17.7 Å². The molecule has 0 spiro atoms. The molecule has 25 heavy (non-hydrogen) atoms. The Kier molecular flexibility index (Phi) is 5.78. The van der Waals surface area contributed by atoms with Crippen molar-refractivity contribution >= 4 is 17.7 Å². The fraction of sp³-hybridized carbons (Fsp3) is 0.474. The van der Waals surface area contributed by atoms with E-state index in [2.05, 4.69) is 29.1 Å². The van der Waals surface area contributed by atoms with Crippen LogP contribution in [0, 0.1) is 17.7 Å². The van der Waals surface area contributed by atoms with Crippen LogP contribution in [0.3, 0.4) is 0 Å². The number of halogens is 1. The third kappa shape index (κ3) is 4.63. The minimum Gasteiger partial charge on any atom is -0.352 e. The molecule has 134 valence electrons. The maximum atomic E-state index is 13.0. The molecular weight excluding hydrogens is 337 g/mol. The summed E-state index contributed by atoms with van der Waals surface area (Å²) in [4.78, 5) is 19.7. The van der Waals surface area contributed by atoms with Gasteiger partial charge in [0.15, 0.2) is 5.16 Å². The molecule has 3 unspecified atom stereocenters. The van der Waals surface area contributed by atoms with Crippen molar-refractivity contribution in [1.82, 2.24) is 15.3 Å². The summed E-state index contributed by atoms with van der Waals surface area (Å²) in [7, 11) is 0. The van der Waals surface area contributed by atoms with E-state index in [1.54, 1.807) is 18.3 Å². The highest BCUT2D eigenvalue weighted by atomic mass is 32.2. The quantitative estimate of drug-likeness (QED) is 0.783. The smallest absolute Gasteiger partial charge is 0.230 e. The second kappa shape index (κ2) is 8.04. The van der Waals surface area contributed by atoms with Crippen molar-refractivity contribution in [2.45, 2.75) is 44.3 Å². The Balaban J connectivity index is 1.52. The summed E-state index contributed by atoms with van der Waals surface area (Å²) in [5.41, 5.74) is 1.69. The van der Waals surface area contributed by atoms with E-state index in [0.29, 0.717) is 22.7 Å². The first-order valence-electron chi connectivity index (χ1n) is 8.76. The van der Waals surface area contributed by atoms with Crippen molar-refractivity contribution < 1.29 is 9.18 Å². The number of H-pyrrole nitrogens is 1. The Hall–Kier alpha value is -1.82. The second-order valence-corrected chi connectivity index (χ2v) is 7.80. The van der Waals surface area contributed by atoms with E-state index in [1.165, 1.54) is 36.7 Å². The monoisotopic (exact) mass is 361 g/mol. The number of imidazole rings is 1. The molecule has 1 fully saturated rings. The standard InChI is InChI=1S/C19H24FN3OS/c1-12-4-3-5-16(13(12)2)22-18(24)11-25-19-21-10-17(23-19)14-6-8-15(20)9-7-14/h6-10,12-13,16H,3-5,11H2,1-2H3,(H,21,23)(H,22,24).